The Labute approximate surface area is 122 Å². The van der Waals surface area contributed by atoms with E-state index in [9.17, 15) is 0 Å². The maximum absolute atomic E-state index is 8.75. The van der Waals surface area contributed by atoms with E-state index in [0.717, 1.165) is 16.2 Å². The molecule has 1 heterocycles. The Kier molecular flexibility index (Phi) is 5.00. The molecule has 1 aromatic heterocycles. The molecule has 0 N–H and O–H groups in total. The van der Waals surface area contributed by atoms with Gasteiger partial charge in [0.1, 0.15) is 23.3 Å². The summed E-state index contributed by atoms with van der Waals surface area (Å²) in [5, 5.41) is 8.75. The SMILES string of the molecule is CC=CCOc1ccc(C#Cc2ccc(C#N)s2)cc1. The van der Waals surface area contributed by atoms with Crippen molar-refractivity contribution in [3.63, 3.8) is 0 Å². The zero-order valence-corrected chi connectivity index (χ0v) is 11.9. The van der Waals surface area contributed by atoms with Gasteiger partial charge in [0.05, 0.1) is 4.88 Å². The number of hydrogen-bond donors (Lipinski definition) is 0. The summed E-state index contributed by atoms with van der Waals surface area (Å²) < 4.78 is 5.51. The molecule has 0 saturated carbocycles. The van der Waals surface area contributed by atoms with Crippen molar-refractivity contribution in [3.8, 4) is 23.7 Å². The molecule has 3 heteroatoms. The summed E-state index contributed by atoms with van der Waals surface area (Å²) >= 11 is 1.40. The van der Waals surface area contributed by atoms with Crippen LogP contribution in [0.2, 0.25) is 0 Å². The highest BCUT2D eigenvalue weighted by Gasteiger charge is 1.95. The van der Waals surface area contributed by atoms with Gasteiger partial charge in [-0.15, -0.1) is 11.3 Å². The normalized spacial score (nSPS) is 9.80. The van der Waals surface area contributed by atoms with Crippen molar-refractivity contribution in [2.45, 2.75) is 6.92 Å². The van der Waals surface area contributed by atoms with Crippen LogP contribution in [0.25, 0.3) is 0 Å². The predicted molar refractivity (Wildman–Crippen MR) is 81.8 cm³/mol. The molecule has 0 aliphatic rings. The van der Waals surface area contributed by atoms with Gasteiger partial charge in [0, 0.05) is 5.56 Å². The number of rotatable bonds is 3. The fraction of sp³-hybridized carbons (Fsp3) is 0.118. The van der Waals surface area contributed by atoms with Gasteiger partial charge in [-0.25, -0.2) is 0 Å². The summed E-state index contributed by atoms with van der Waals surface area (Å²) in [5.41, 5.74) is 0.926. The Morgan fingerprint density at radius 1 is 1.10 bits per heavy atom. The summed E-state index contributed by atoms with van der Waals surface area (Å²) in [5.74, 6) is 6.96. The first-order chi connectivity index (χ1) is 9.81. The van der Waals surface area contributed by atoms with E-state index in [1.807, 2.05) is 49.4 Å². The molecular weight excluding hydrogens is 266 g/mol. The zero-order chi connectivity index (χ0) is 14.2. The second-order valence-corrected chi connectivity index (χ2v) is 5.01. The molecular formula is C17H13NOS. The van der Waals surface area contributed by atoms with Crippen LogP contribution in [0, 0.1) is 23.2 Å². The highest BCUT2D eigenvalue weighted by Crippen LogP contribution is 2.15. The standard InChI is InChI=1S/C17H13NOS/c1-2-3-12-19-15-7-4-14(5-8-15)6-9-16-10-11-17(13-18)20-16/h2-5,7-8,10-11H,12H2,1H3. The van der Waals surface area contributed by atoms with Gasteiger partial charge < -0.3 is 4.74 Å². The largest absolute Gasteiger partial charge is 0.490 e. The van der Waals surface area contributed by atoms with Crippen LogP contribution in [0.3, 0.4) is 0 Å². The van der Waals surface area contributed by atoms with Gasteiger partial charge in [0.15, 0.2) is 0 Å². The van der Waals surface area contributed by atoms with E-state index in [2.05, 4.69) is 17.9 Å². The summed E-state index contributed by atoms with van der Waals surface area (Å²) in [4.78, 5) is 1.58. The number of nitriles is 1. The predicted octanol–water partition coefficient (Wildman–Crippen LogP) is 3.97. The van der Waals surface area contributed by atoms with Crippen molar-refractivity contribution in [1.82, 2.24) is 0 Å². The number of thiophene rings is 1. The first-order valence-electron chi connectivity index (χ1n) is 6.18. The van der Waals surface area contributed by atoms with E-state index in [4.69, 9.17) is 10.00 Å². The van der Waals surface area contributed by atoms with E-state index >= 15 is 0 Å². The third kappa shape index (κ3) is 4.02. The third-order valence-electron chi connectivity index (χ3n) is 2.48. The summed E-state index contributed by atoms with van der Waals surface area (Å²) in [6.45, 7) is 2.54. The van der Waals surface area contributed by atoms with Crippen LogP contribution >= 0.6 is 11.3 Å². The Hall–Kier alpha value is -2.49. The highest BCUT2D eigenvalue weighted by molar-refractivity contribution is 7.13. The van der Waals surface area contributed by atoms with E-state index in [1.54, 1.807) is 6.07 Å². The van der Waals surface area contributed by atoms with Crippen LogP contribution in [-0.4, -0.2) is 6.61 Å². The minimum Gasteiger partial charge on any atom is -0.490 e. The maximum Gasteiger partial charge on any atom is 0.119 e. The van der Waals surface area contributed by atoms with Gasteiger partial charge in [0.25, 0.3) is 0 Å². The molecule has 20 heavy (non-hydrogen) atoms. The second-order valence-electron chi connectivity index (χ2n) is 3.93. The molecule has 0 spiro atoms. The Balaban J connectivity index is 2.02. The molecule has 2 nitrogen and oxygen atoms in total. The van der Waals surface area contributed by atoms with Gasteiger partial charge in [-0.05, 0) is 43.3 Å². The Bertz CT molecular complexity index is 693. The lowest BCUT2D eigenvalue weighted by atomic mass is 10.2. The summed E-state index contributed by atoms with van der Waals surface area (Å²) in [6, 6.07) is 13.4. The molecule has 0 aliphatic heterocycles. The number of allylic oxidation sites excluding steroid dienone is 1. The zero-order valence-electron chi connectivity index (χ0n) is 11.1. The smallest absolute Gasteiger partial charge is 0.119 e. The van der Waals surface area contributed by atoms with Crippen molar-refractivity contribution in [3.05, 3.63) is 63.9 Å². The van der Waals surface area contributed by atoms with Gasteiger partial charge in [-0.1, -0.05) is 24.0 Å². The van der Waals surface area contributed by atoms with Crippen LogP contribution in [0.5, 0.6) is 5.75 Å². The minimum atomic E-state index is 0.577. The van der Waals surface area contributed by atoms with Crippen molar-refractivity contribution >= 4 is 11.3 Å². The average molecular weight is 279 g/mol. The third-order valence-corrected chi connectivity index (χ3v) is 3.39. The summed E-state index contributed by atoms with van der Waals surface area (Å²) in [6.07, 6.45) is 3.91. The molecule has 1 aromatic carbocycles. The summed E-state index contributed by atoms with van der Waals surface area (Å²) in [7, 11) is 0. The Morgan fingerprint density at radius 3 is 2.50 bits per heavy atom. The molecule has 2 rings (SSSR count). The first-order valence-corrected chi connectivity index (χ1v) is 6.99. The molecule has 0 bridgehead atoms. The molecule has 0 atom stereocenters. The van der Waals surface area contributed by atoms with Gasteiger partial charge in [0.2, 0.25) is 0 Å². The van der Waals surface area contributed by atoms with Crippen LogP contribution in [0.1, 0.15) is 22.2 Å². The molecule has 0 radical (unpaired) electrons. The van der Waals surface area contributed by atoms with Crippen LogP contribution < -0.4 is 4.74 Å². The lowest BCUT2D eigenvalue weighted by molar-refractivity contribution is 0.362. The molecule has 2 aromatic rings. The topological polar surface area (TPSA) is 33.0 Å². The van der Waals surface area contributed by atoms with Crippen LogP contribution in [-0.2, 0) is 0 Å². The van der Waals surface area contributed by atoms with E-state index in [0.29, 0.717) is 11.5 Å². The van der Waals surface area contributed by atoms with Crippen molar-refractivity contribution in [2.75, 3.05) is 6.61 Å². The maximum atomic E-state index is 8.75. The molecule has 0 saturated heterocycles. The second kappa shape index (κ2) is 7.19. The van der Waals surface area contributed by atoms with Crippen molar-refractivity contribution in [1.29, 1.82) is 5.26 Å². The lowest BCUT2D eigenvalue weighted by Gasteiger charge is -2.02. The van der Waals surface area contributed by atoms with Crippen molar-refractivity contribution in [2.24, 2.45) is 0 Å². The number of hydrogen-bond acceptors (Lipinski definition) is 3. The molecule has 98 valence electrons. The quantitative estimate of drug-likeness (QED) is 0.629. The number of benzene rings is 1. The highest BCUT2D eigenvalue weighted by atomic mass is 32.1. The van der Waals surface area contributed by atoms with Crippen LogP contribution in [0.15, 0.2) is 48.6 Å². The van der Waals surface area contributed by atoms with Crippen LogP contribution in [0.4, 0.5) is 0 Å². The fourth-order valence-corrected chi connectivity index (χ4v) is 2.13. The van der Waals surface area contributed by atoms with E-state index in [-0.39, 0.29) is 0 Å². The molecule has 0 fully saturated rings. The monoisotopic (exact) mass is 279 g/mol. The first kappa shape index (κ1) is 13.9. The van der Waals surface area contributed by atoms with Gasteiger partial charge >= 0.3 is 0 Å². The minimum absolute atomic E-state index is 0.577. The number of nitrogens with zero attached hydrogens (tertiary/aromatic N) is 1. The van der Waals surface area contributed by atoms with Crippen molar-refractivity contribution < 1.29 is 4.74 Å². The average Bonchev–Trinajstić information content (AvgIpc) is 2.95. The lowest BCUT2D eigenvalue weighted by Crippen LogP contribution is -1.92. The molecule has 0 amide bonds. The molecule has 0 aliphatic carbocycles. The van der Waals surface area contributed by atoms with E-state index in [1.165, 1.54) is 11.3 Å². The van der Waals surface area contributed by atoms with Gasteiger partial charge in [-0.3, -0.25) is 0 Å². The van der Waals surface area contributed by atoms with Gasteiger partial charge in [-0.2, -0.15) is 5.26 Å². The fourth-order valence-electron chi connectivity index (χ4n) is 1.47. The number of ether oxygens (including phenoxy) is 1. The van der Waals surface area contributed by atoms with E-state index < -0.39 is 0 Å². The molecule has 0 unspecified atom stereocenters. The Morgan fingerprint density at radius 2 is 1.85 bits per heavy atom.